The highest BCUT2D eigenvalue weighted by Crippen LogP contribution is 2.25. The fourth-order valence-electron chi connectivity index (χ4n) is 2.37. The summed E-state index contributed by atoms with van der Waals surface area (Å²) >= 11 is 0. The number of sulfonamides is 1. The molecule has 0 unspecified atom stereocenters. The van der Waals surface area contributed by atoms with E-state index in [4.69, 9.17) is 0 Å². The Labute approximate surface area is 151 Å². The van der Waals surface area contributed by atoms with E-state index in [1.54, 1.807) is 33.2 Å². The molecule has 0 radical (unpaired) electrons. The Kier molecular flexibility index (Phi) is 5.31. The topological polar surface area (TPSA) is 110 Å². The number of amides is 1. The minimum atomic E-state index is -3.97. The Balaban J connectivity index is 2.42. The van der Waals surface area contributed by atoms with Gasteiger partial charge in [-0.05, 0) is 43.2 Å². The number of nitro groups is 1. The van der Waals surface area contributed by atoms with Crippen LogP contribution < -0.4 is 4.72 Å². The maximum atomic E-state index is 12.7. The zero-order valence-electron chi connectivity index (χ0n) is 14.8. The third kappa shape index (κ3) is 3.99. The fourth-order valence-corrected chi connectivity index (χ4v) is 3.72. The molecule has 0 aliphatic rings. The van der Waals surface area contributed by atoms with Gasteiger partial charge in [-0.25, -0.2) is 8.42 Å². The van der Waals surface area contributed by atoms with Crippen molar-refractivity contribution in [3.8, 4) is 0 Å². The van der Waals surface area contributed by atoms with Gasteiger partial charge in [0.25, 0.3) is 21.6 Å². The highest BCUT2D eigenvalue weighted by molar-refractivity contribution is 7.92. The van der Waals surface area contributed by atoms with Crippen LogP contribution in [0.1, 0.15) is 21.5 Å². The Hall–Kier alpha value is -2.94. The van der Waals surface area contributed by atoms with Crippen LogP contribution in [0.3, 0.4) is 0 Å². The maximum Gasteiger partial charge on any atom is 0.269 e. The van der Waals surface area contributed by atoms with E-state index in [0.717, 1.165) is 6.07 Å². The van der Waals surface area contributed by atoms with Crippen LogP contribution in [0.5, 0.6) is 0 Å². The normalized spacial score (nSPS) is 11.1. The standard InChI is InChI=1S/C17H19N3O5S/c1-11-5-6-13(17(21)19(3)4)10-15(11)18-26(24,25)16-8-7-14(20(22)23)9-12(16)2/h5-10,18H,1-4H3. The summed E-state index contributed by atoms with van der Waals surface area (Å²) in [5, 5.41) is 10.8. The highest BCUT2D eigenvalue weighted by Gasteiger charge is 2.21. The molecular formula is C17H19N3O5S. The molecule has 0 aromatic heterocycles. The summed E-state index contributed by atoms with van der Waals surface area (Å²) in [6, 6.07) is 8.27. The molecule has 0 bridgehead atoms. The van der Waals surface area contributed by atoms with Crippen molar-refractivity contribution in [3.63, 3.8) is 0 Å². The Morgan fingerprint density at radius 1 is 1.08 bits per heavy atom. The summed E-state index contributed by atoms with van der Waals surface area (Å²) in [7, 11) is -0.762. The number of non-ortho nitro benzene ring substituents is 1. The third-order valence-corrected chi connectivity index (χ3v) is 5.32. The first-order chi connectivity index (χ1) is 12.0. The first-order valence-corrected chi connectivity index (χ1v) is 9.11. The lowest BCUT2D eigenvalue weighted by Gasteiger charge is -2.15. The average Bonchev–Trinajstić information content (AvgIpc) is 2.55. The van der Waals surface area contributed by atoms with E-state index in [1.807, 2.05) is 0 Å². The van der Waals surface area contributed by atoms with Crippen LogP contribution in [0.15, 0.2) is 41.3 Å². The van der Waals surface area contributed by atoms with Crippen LogP contribution in [0.4, 0.5) is 11.4 Å². The number of benzene rings is 2. The summed E-state index contributed by atoms with van der Waals surface area (Å²) in [4.78, 5) is 23.6. The maximum absolute atomic E-state index is 12.7. The second kappa shape index (κ2) is 7.12. The molecule has 0 fully saturated rings. The lowest BCUT2D eigenvalue weighted by Crippen LogP contribution is -2.22. The molecule has 2 aromatic carbocycles. The van der Waals surface area contributed by atoms with Crippen molar-refractivity contribution in [2.75, 3.05) is 18.8 Å². The zero-order chi connectivity index (χ0) is 19.6. The van der Waals surface area contributed by atoms with Crippen LogP contribution in [-0.2, 0) is 10.0 Å². The second-order valence-corrected chi connectivity index (χ2v) is 7.69. The van der Waals surface area contributed by atoms with Gasteiger partial charge in [0.1, 0.15) is 0 Å². The third-order valence-electron chi connectivity index (χ3n) is 3.79. The summed E-state index contributed by atoms with van der Waals surface area (Å²) in [6.45, 7) is 3.20. The van der Waals surface area contributed by atoms with Crippen molar-refractivity contribution in [2.45, 2.75) is 18.7 Å². The number of carbonyl (C=O) groups is 1. The summed E-state index contributed by atoms with van der Waals surface area (Å²) in [5.74, 6) is -0.253. The molecule has 0 saturated carbocycles. The number of nitro benzene ring substituents is 1. The molecule has 2 rings (SSSR count). The molecule has 0 aliphatic heterocycles. The molecular weight excluding hydrogens is 358 g/mol. The van der Waals surface area contributed by atoms with E-state index < -0.39 is 14.9 Å². The van der Waals surface area contributed by atoms with Crippen molar-refractivity contribution >= 4 is 27.3 Å². The first kappa shape index (κ1) is 19.4. The van der Waals surface area contributed by atoms with Gasteiger partial charge in [-0.1, -0.05) is 6.07 Å². The smallest absolute Gasteiger partial charge is 0.269 e. The first-order valence-electron chi connectivity index (χ1n) is 7.63. The van der Waals surface area contributed by atoms with Gasteiger partial charge in [-0.3, -0.25) is 19.6 Å². The van der Waals surface area contributed by atoms with E-state index in [0.29, 0.717) is 11.1 Å². The van der Waals surface area contributed by atoms with Crippen molar-refractivity contribution in [2.24, 2.45) is 0 Å². The van der Waals surface area contributed by atoms with E-state index >= 15 is 0 Å². The monoisotopic (exact) mass is 377 g/mol. The van der Waals surface area contributed by atoms with Crippen molar-refractivity contribution < 1.29 is 18.1 Å². The minimum Gasteiger partial charge on any atom is -0.345 e. The number of aryl methyl sites for hydroxylation is 2. The van der Waals surface area contributed by atoms with Gasteiger partial charge in [0.2, 0.25) is 0 Å². The SMILES string of the molecule is Cc1ccc(C(=O)N(C)C)cc1NS(=O)(=O)c1ccc([N+](=O)[O-])cc1C. The molecule has 0 spiro atoms. The van der Waals surface area contributed by atoms with Crippen molar-refractivity contribution in [1.82, 2.24) is 4.90 Å². The van der Waals surface area contributed by atoms with Gasteiger partial charge in [0, 0.05) is 31.8 Å². The van der Waals surface area contributed by atoms with Gasteiger partial charge in [-0.2, -0.15) is 0 Å². The zero-order valence-corrected chi connectivity index (χ0v) is 15.6. The van der Waals surface area contributed by atoms with Crippen LogP contribution in [0.2, 0.25) is 0 Å². The predicted molar refractivity (Wildman–Crippen MR) is 97.8 cm³/mol. The highest BCUT2D eigenvalue weighted by atomic mass is 32.2. The number of hydrogen-bond donors (Lipinski definition) is 1. The van der Waals surface area contributed by atoms with Crippen LogP contribution in [-0.4, -0.2) is 38.2 Å². The molecule has 138 valence electrons. The number of hydrogen-bond acceptors (Lipinski definition) is 5. The molecule has 26 heavy (non-hydrogen) atoms. The molecule has 9 heteroatoms. The number of nitrogens with one attached hydrogen (secondary N) is 1. The number of nitrogens with zero attached hydrogens (tertiary/aromatic N) is 2. The number of rotatable bonds is 5. The molecule has 0 saturated heterocycles. The van der Waals surface area contributed by atoms with E-state index in [1.165, 1.54) is 30.0 Å². The number of carbonyl (C=O) groups excluding carboxylic acids is 1. The Bertz CT molecular complexity index is 984. The van der Waals surface area contributed by atoms with Gasteiger partial charge in [0.05, 0.1) is 15.5 Å². The molecule has 0 heterocycles. The van der Waals surface area contributed by atoms with Gasteiger partial charge in [0.15, 0.2) is 0 Å². The van der Waals surface area contributed by atoms with Crippen LogP contribution in [0.25, 0.3) is 0 Å². The molecule has 1 amide bonds. The summed E-state index contributed by atoms with van der Waals surface area (Å²) in [5.41, 5.74) is 1.33. The lowest BCUT2D eigenvalue weighted by molar-refractivity contribution is -0.385. The summed E-state index contributed by atoms with van der Waals surface area (Å²) < 4.78 is 27.8. The molecule has 2 aromatic rings. The average molecular weight is 377 g/mol. The molecule has 0 atom stereocenters. The van der Waals surface area contributed by atoms with Crippen molar-refractivity contribution in [3.05, 3.63) is 63.2 Å². The molecule has 0 aliphatic carbocycles. The van der Waals surface area contributed by atoms with E-state index in [9.17, 15) is 23.3 Å². The van der Waals surface area contributed by atoms with Gasteiger partial charge in [-0.15, -0.1) is 0 Å². The number of anilines is 1. The molecule has 8 nitrogen and oxygen atoms in total. The largest absolute Gasteiger partial charge is 0.345 e. The Morgan fingerprint density at radius 3 is 2.27 bits per heavy atom. The van der Waals surface area contributed by atoms with Crippen molar-refractivity contribution in [1.29, 1.82) is 0 Å². The predicted octanol–water partition coefficient (Wildman–Crippen LogP) is 2.71. The van der Waals surface area contributed by atoms with Crippen LogP contribution in [0, 0.1) is 24.0 Å². The molecule has 1 N–H and O–H groups in total. The quantitative estimate of drug-likeness (QED) is 0.636. The van der Waals surface area contributed by atoms with Gasteiger partial charge >= 0.3 is 0 Å². The van der Waals surface area contributed by atoms with E-state index in [2.05, 4.69) is 4.72 Å². The second-order valence-electron chi connectivity index (χ2n) is 6.04. The summed E-state index contributed by atoms with van der Waals surface area (Å²) in [6.07, 6.45) is 0. The Morgan fingerprint density at radius 2 is 1.73 bits per heavy atom. The minimum absolute atomic E-state index is 0.0631. The fraction of sp³-hybridized carbons (Fsp3) is 0.235. The van der Waals surface area contributed by atoms with Gasteiger partial charge < -0.3 is 4.90 Å². The lowest BCUT2D eigenvalue weighted by atomic mass is 10.1. The van der Waals surface area contributed by atoms with E-state index in [-0.39, 0.29) is 27.7 Å². The van der Waals surface area contributed by atoms with Crippen LogP contribution >= 0.6 is 0 Å².